The van der Waals surface area contributed by atoms with Crippen molar-refractivity contribution in [3.8, 4) is 0 Å². The van der Waals surface area contributed by atoms with Crippen molar-refractivity contribution >= 4 is 0 Å². The van der Waals surface area contributed by atoms with Gasteiger partial charge in [0.25, 0.3) is 5.92 Å². The maximum Gasteiger partial charge on any atom is 0.251 e. The number of alkyl halides is 4. The lowest BCUT2D eigenvalue weighted by molar-refractivity contribution is 0.0327. The minimum Gasteiger partial charge on any atom is -0.390 e. The third-order valence-electron chi connectivity index (χ3n) is 18.5. The largest absolute Gasteiger partial charge is 0.390 e. The molecule has 0 aromatic carbocycles. The van der Waals surface area contributed by atoms with E-state index in [1.807, 2.05) is 55.4 Å². The first-order valence-corrected chi connectivity index (χ1v) is 30.4. The molecule has 8 aliphatic carbocycles. The van der Waals surface area contributed by atoms with Crippen LogP contribution in [-0.2, 0) is 0 Å². The number of halogens is 4. The average molecular weight is 1080 g/mol. The molecule has 3 nitrogen and oxygen atoms in total. The van der Waals surface area contributed by atoms with Crippen LogP contribution in [0.4, 0.5) is 17.6 Å². The summed E-state index contributed by atoms with van der Waals surface area (Å²) < 4.78 is 48.7. The van der Waals surface area contributed by atoms with Crippen LogP contribution >= 0.6 is 0 Å². The maximum absolute atomic E-state index is 12.6. The molecule has 7 heteroatoms. The number of nitrogens with zero attached hydrogens (tertiary/aromatic N) is 1. The Kier molecular flexibility index (Phi) is 38.3. The summed E-state index contributed by atoms with van der Waals surface area (Å²) in [4.78, 5) is 2.37. The van der Waals surface area contributed by atoms with Crippen LogP contribution in [0.2, 0.25) is 0 Å². The van der Waals surface area contributed by atoms with Gasteiger partial charge in [-0.2, -0.15) is 0 Å². The molecule has 0 aromatic heterocycles. The molecule has 0 bridgehead atoms. The van der Waals surface area contributed by atoms with Crippen molar-refractivity contribution in [2.75, 3.05) is 20.1 Å². The Morgan fingerprint density at radius 1 is 0.467 bits per heavy atom. The van der Waals surface area contributed by atoms with Crippen LogP contribution in [0, 0.1) is 124 Å². The lowest BCUT2D eigenvalue weighted by Crippen LogP contribution is -2.46. The normalized spacial score (nSPS) is 30.5. The second kappa shape index (κ2) is 35.5. The molecule has 1 saturated heterocycles. The third kappa shape index (κ3) is 35.8. The van der Waals surface area contributed by atoms with Gasteiger partial charge in [-0.3, -0.25) is 0 Å². The molecule has 0 radical (unpaired) electrons. The zero-order valence-electron chi connectivity index (χ0n) is 53.0. The van der Waals surface area contributed by atoms with Crippen molar-refractivity contribution < 1.29 is 27.8 Å². The van der Waals surface area contributed by atoms with Gasteiger partial charge in [0.1, 0.15) is 11.8 Å². The van der Waals surface area contributed by atoms with E-state index >= 15 is 0 Å². The van der Waals surface area contributed by atoms with E-state index in [1.54, 1.807) is 0 Å². The van der Waals surface area contributed by atoms with Crippen molar-refractivity contribution in [2.45, 2.75) is 295 Å². The van der Waals surface area contributed by atoms with Gasteiger partial charge in [0.2, 0.25) is 0 Å². The van der Waals surface area contributed by atoms with E-state index in [9.17, 15) is 22.7 Å². The van der Waals surface area contributed by atoms with Crippen LogP contribution in [0.5, 0.6) is 0 Å². The predicted molar refractivity (Wildman–Crippen MR) is 328 cm³/mol. The highest BCUT2D eigenvalue weighted by Gasteiger charge is 2.57. The summed E-state index contributed by atoms with van der Waals surface area (Å²) in [6, 6.07) is 0. The monoisotopic (exact) mass is 1080 g/mol. The van der Waals surface area contributed by atoms with E-state index in [-0.39, 0.29) is 52.1 Å². The smallest absolute Gasteiger partial charge is 0.251 e. The van der Waals surface area contributed by atoms with Gasteiger partial charge in [0.15, 0.2) is 0 Å². The molecule has 1 heterocycles. The van der Waals surface area contributed by atoms with E-state index in [2.05, 4.69) is 137 Å². The SMILES string of the molecule is C.C.C.CC(C)C(C)(C)O.CC(C)C1(F)CC1.CC(C)C1(O)CC1.CC(C)C1CC1F.CC(C)C1CN(C)C1.CC(C)[C@@H]1CC1(F)F.CC(C)[C@@H]1C[C@@H]1C.CC(C)[C@@H]1C[C@H]1C.CC(C)[C@H]1C[C@@H]1C.CC(C)[C@H]1C[C@H]1C. The van der Waals surface area contributed by atoms with E-state index in [0.29, 0.717) is 23.7 Å². The zero-order valence-corrected chi connectivity index (χ0v) is 53.0. The van der Waals surface area contributed by atoms with Crippen molar-refractivity contribution in [3.63, 3.8) is 0 Å². The topological polar surface area (TPSA) is 43.7 Å². The highest BCUT2D eigenvalue weighted by Crippen LogP contribution is 2.53. The van der Waals surface area contributed by atoms with Crippen LogP contribution in [0.25, 0.3) is 0 Å². The Morgan fingerprint density at radius 3 is 0.733 bits per heavy atom. The van der Waals surface area contributed by atoms with E-state index in [0.717, 1.165) is 115 Å². The van der Waals surface area contributed by atoms with Gasteiger partial charge >= 0.3 is 0 Å². The van der Waals surface area contributed by atoms with Crippen LogP contribution in [0.15, 0.2) is 0 Å². The number of rotatable bonds is 10. The molecule has 75 heavy (non-hydrogen) atoms. The number of hydrogen-bond donors (Lipinski definition) is 2. The first-order valence-electron chi connectivity index (χ1n) is 30.4. The number of hydrogen-bond acceptors (Lipinski definition) is 3. The van der Waals surface area contributed by atoms with Gasteiger partial charge in [0.05, 0.1) is 11.2 Å². The molecule has 8 saturated carbocycles. The quantitative estimate of drug-likeness (QED) is 0.214. The van der Waals surface area contributed by atoms with Crippen molar-refractivity contribution in [3.05, 3.63) is 0 Å². The molecule has 1 aliphatic heterocycles. The zero-order chi connectivity index (χ0) is 56.8. The molecule has 11 atom stereocenters. The second-order valence-corrected chi connectivity index (χ2v) is 29.4. The lowest BCUT2D eigenvalue weighted by atomic mass is 9.89. The minimum atomic E-state index is -2.31. The van der Waals surface area contributed by atoms with Crippen molar-refractivity contribution in [1.29, 1.82) is 0 Å². The Labute approximate surface area is 470 Å². The molecule has 458 valence electrons. The number of likely N-dealkylation sites (tertiary alicyclic amines) is 1. The van der Waals surface area contributed by atoms with Gasteiger partial charge in [-0.15, -0.1) is 0 Å². The molecule has 9 fully saturated rings. The fourth-order valence-electron chi connectivity index (χ4n) is 9.52. The summed E-state index contributed by atoms with van der Waals surface area (Å²) >= 11 is 0. The Morgan fingerprint density at radius 2 is 0.720 bits per heavy atom. The van der Waals surface area contributed by atoms with E-state index in [4.69, 9.17) is 5.11 Å². The van der Waals surface area contributed by atoms with Crippen molar-refractivity contribution in [1.82, 2.24) is 4.90 Å². The number of aliphatic hydroxyl groups is 2. The average Bonchev–Trinajstić information content (AvgIpc) is 3.98. The first kappa shape index (κ1) is 81.1. The van der Waals surface area contributed by atoms with Gasteiger partial charge in [-0.1, -0.05) is 188 Å². The Bertz CT molecular complexity index is 1250. The fraction of sp³-hybridized carbons (Fsp3) is 1.00. The van der Waals surface area contributed by atoms with Gasteiger partial charge < -0.3 is 15.1 Å². The van der Waals surface area contributed by atoms with Crippen LogP contribution in [0.1, 0.15) is 267 Å². The van der Waals surface area contributed by atoms with Gasteiger partial charge in [0, 0.05) is 25.4 Å². The Hall–Kier alpha value is -0.400. The van der Waals surface area contributed by atoms with Crippen molar-refractivity contribution in [2.24, 2.45) is 124 Å². The molecule has 9 rings (SSSR count). The van der Waals surface area contributed by atoms with Gasteiger partial charge in [-0.25, -0.2) is 17.6 Å². The summed E-state index contributed by atoms with van der Waals surface area (Å²) in [6.45, 7) is 58.6. The molecule has 0 spiro atoms. The summed E-state index contributed by atoms with van der Waals surface area (Å²) in [5.41, 5.74) is -1.50. The van der Waals surface area contributed by atoms with Crippen LogP contribution < -0.4 is 0 Å². The fourth-order valence-corrected chi connectivity index (χ4v) is 9.52. The highest BCUT2D eigenvalue weighted by atomic mass is 19.3. The highest BCUT2D eigenvalue weighted by molar-refractivity contribution is 4.97. The molecule has 2 N–H and O–H groups in total. The molecule has 9 aliphatic rings. The lowest BCUT2D eigenvalue weighted by Gasteiger charge is -2.38. The summed E-state index contributed by atoms with van der Waals surface area (Å²) in [7, 11) is 2.18. The van der Waals surface area contributed by atoms with E-state index in [1.165, 1.54) is 38.8 Å². The third-order valence-corrected chi connectivity index (χ3v) is 18.5. The summed E-state index contributed by atoms with van der Waals surface area (Å²) in [5, 5.41) is 18.3. The molecular formula is C68H141F4NO2. The maximum atomic E-state index is 12.6. The first-order chi connectivity index (χ1) is 32.6. The molecule has 2 unspecified atom stereocenters. The Balaban J connectivity index is -0.000000372. The summed E-state index contributed by atoms with van der Waals surface area (Å²) in [6.07, 6.45) is 10.0. The van der Waals surface area contributed by atoms with Crippen LogP contribution in [0.3, 0.4) is 0 Å². The predicted octanol–water partition coefficient (Wildman–Crippen LogP) is 21.3. The molecular weight excluding hydrogens is 939 g/mol. The van der Waals surface area contributed by atoms with Gasteiger partial charge in [-0.05, 0) is 197 Å². The minimum absolute atomic E-state index is 0. The second-order valence-electron chi connectivity index (χ2n) is 29.4. The van der Waals surface area contributed by atoms with E-state index < -0.39 is 23.4 Å². The standard InChI is InChI=1S/C7H15N.4C7H14.C6H10F2.2C6H11F.C6H12O.C6H14O.3CH4/c1-6(2)7-4-8(3)5-7;4*1-5(2)7-4-6(7)3;1-4(2)5-3-6(5,7)8;1-5(2)6(7)3-4-6;1-4(2)5-3-6(5)7;1-5(2)6(7)3-4-6;1-5(2)6(3,4)7;;;/h6-7H,4-5H2,1-3H3;4*5-7H,4H2,1-3H3;4-5H,3H2,1-2H3;5H,3-4H2,1-2H3;4-6H,3H2,1-2H3;5,7H,3-4H2,1-2H3;5,7H,1-4H3;3*1H4/t;2*6-,7+;2*6-,7-;5-;;;;;;;/m.10100......./s1. The molecule has 0 amide bonds. The molecule has 0 aromatic rings. The van der Waals surface area contributed by atoms with Crippen LogP contribution in [-0.4, -0.2) is 64.2 Å². The summed E-state index contributed by atoms with van der Waals surface area (Å²) in [5.74, 6) is 13.6.